The Kier molecular flexibility index (Phi) is 8.96. The molecule has 2 fully saturated rings. The standard InChI is InChI=1S/C40H46N8O5/c1-5-36(50)42-30-18-26(9-10-33(30)46-13-11-45(12-14-46)27-23-53-24-27)41-37-39(52)44(4)21-31(43-37)28-7-6-8-32(29(28)22-49)48-16-15-47-34(38(48)51)17-25-19-40(2,3)20-35(25)47/h5-10,17-18,21,27,49H,1,11-16,19-20,22-24H2,2-4H3,(H,41,43)(H,42,50). The van der Waals surface area contributed by atoms with Crippen molar-refractivity contribution in [3.8, 4) is 11.3 Å². The summed E-state index contributed by atoms with van der Waals surface area (Å²) in [7, 11) is 1.65. The van der Waals surface area contributed by atoms with E-state index in [9.17, 15) is 19.5 Å². The second kappa shape index (κ2) is 13.6. The maximum Gasteiger partial charge on any atom is 0.293 e. The lowest BCUT2D eigenvalue weighted by atomic mass is 9.90. The molecule has 0 saturated carbocycles. The number of ether oxygens (including phenoxy) is 1. The molecule has 3 N–H and O–H groups in total. The Morgan fingerprint density at radius 1 is 1.04 bits per heavy atom. The third kappa shape index (κ3) is 6.42. The molecule has 4 aliphatic rings. The fraction of sp³-hybridized carbons (Fsp3) is 0.400. The number of aliphatic hydroxyl groups excluding tert-OH is 1. The maximum absolute atomic E-state index is 14.0. The lowest BCUT2D eigenvalue weighted by Crippen LogP contribution is -2.56. The van der Waals surface area contributed by atoms with Crippen molar-refractivity contribution in [2.75, 3.05) is 66.4 Å². The smallest absolute Gasteiger partial charge is 0.293 e. The van der Waals surface area contributed by atoms with Gasteiger partial charge in [0, 0.05) is 75.0 Å². The van der Waals surface area contributed by atoms with Crippen molar-refractivity contribution in [3.05, 3.63) is 94.2 Å². The number of benzene rings is 2. The number of fused-ring (bicyclic) bond motifs is 3. The van der Waals surface area contributed by atoms with Gasteiger partial charge in [0.2, 0.25) is 5.91 Å². The highest BCUT2D eigenvalue weighted by atomic mass is 16.5. The van der Waals surface area contributed by atoms with Gasteiger partial charge in [-0.1, -0.05) is 32.6 Å². The fourth-order valence-corrected chi connectivity index (χ4v) is 8.26. The van der Waals surface area contributed by atoms with Crippen LogP contribution >= 0.6 is 0 Å². The SMILES string of the molecule is C=CC(=O)Nc1cc(Nc2nc(-c3cccc(N4CCn5c(cc6c5CC(C)(C)C6)C4=O)c3CO)cn(C)c2=O)ccc1N1CCN(C2COC2)CC1. The van der Waals surface area contributed by atoms with Crippen molar-refractivity contribution in [1.82, 2.24) is 19.0 Å². The molecule has 2 amide bonds. The molecular weight excluding hydrogens is 672 g/mol. The number of anilines is 5. The Morgan fingerprint density at radius 3 is 2.55 bits per heavy atom. The van der Waals surface area contributed by atoms with Gasteiger partial charge in [-0.25, -0.2) is 4.98 Å². The Morgan fingerprint density at radius 2 is 1.83 bits per heavy atom. The van der Waals surface area contributed by atoms with Crippen LogP contribution in [0.4, 0.5) is 28.6 Å². The third-order valence-corrected chi connectivity index (χ3v) is 11.1. The first-order chi connectivity index (χ1) is 25.5. The Hall–Kier alpha value is -5.24. The van der Waals surface area contributed by atoms with Crippen LogP contribution in [0.15, 0.2) is 66.1 Å². The highest BCUT2D eigenvalue weighted by Gasteiger charge is 2.37. The van der Waals surface area contributed by atoms with Crippen LogP contribution in [0.3, 0.4) is 0 Å². The quantitative estimate of drug-likeness (QED) is 0.220. The molecule has 2 aromatic heterocycles. The van der Waals surface area contributed by atoms with Crippen molar-refractivity contribution in [2.45, 2.75) is 45.9 Å². The van der Waals surface area contributed by atoms with Gasteiger partial charge in [0.1, 0.15) is 5.69 Å². The highest BCUT2D eigenvalue weighted by molar-refractivity contribution is 6.07. The zero-order chi connectivity index (χ0) is 37.0. The Labute approximate surface area is 308 Å². The largest absolute Gasteiger partial charge is 0.392 e. The van der Waals surface area contributed by atoms with Gasteiger partial charge in [0.15, 0.2) is 5.82 Å². The van der Waals surface area contributed by atoms with Crippen molar-refractivity contribution in [3.63, 3.8) is 0 Å². The molecule has 0 radical (unpaired) electrons. The minimum Gasteiger partial charge on any atom is -0.392 e. The maximum atomic E-state index is 14.0. The first kappa shape index (κ1) is 34.8. The minimum atomic E-state index is -0.351. The van der Waals surface area contributed by atoms with Gasteiger partial charge in [-0.2, -0.15) is 0 Å². The number of rotatable bonds is 9. The van der Waals surface area contributed by atoms with E-state index in [-0.39, 0.29) is 35.2 Å². The molecule has 13 nitrogen and oxygen atoms in total. The molecule has 2 saturated heterocycles. The minimum absolute atomic E-state index is 0.0775. The molecule has 0 unspecified atom stereocenters. The number of aryl methyl sites for hydroxylation is 1. The van der Waals surface area contributed by atoms with Crippen molar-refractivity contribution >= 4 is 40.4 Å². The van der Waals surface area contributed by atoms with E-state index in [1.165, 1.54) is 21.9 Å². The van der Waals surface area contributed by atoms with Gasteiger partial charge in [-0.3, -0.25) is 19.3 Å². The summed E-state index contributed by atoms with van der Waals surface area (Å²) in [6, 6.07) is 13.7. The second-order valence-electron chi connectivity index (χ2n) is 15.2. The Bertz CT molecular complexity index is 2180. The van der Waals surface area contributed by atoms with E-state index in [1.807, 2.05) is 36.4 Å². The van der Waals surface area contributed by atoms with Gasteiger partial charge in [-0.15, -0.1) is 0 Å². The molecule has 0 spiro atoms. The summed E-state index contributed by atoms with van der Waals surface area (Å²) in [5, 5.41) is 16.9. The van der Waals surface area contributed by atoms with Gasteiger partial charge < -0.3 is 39.4 Å². The van der Waals surface area contributed by atoms with Gasteiger partial charge in [0.25, 0.3) is 11.5 Å². The summed E-state index contributed by atoms with van der Waals surface area (Å²) >= 11 is 0. The Balaban J connectivity index is 1.08. The predicted octanol–water partition coefficient (Wildman–Crippen LogP) is 3.92. The van der Waals surface area contributed by atoms with Crippen LogP contribution < -0.4 is 26.0 Å². The van der Waals surface area contributed by atoms with E-state index in [4.69, 9.17) is 9.72 Å². The lowest BCUT2D eigenvalue weighted by Gasteiger charge is -2.43. The lowest BCUT2D eigenvalue weighted by molar-refractivity contribution is -0.111. The molecule has 13 heteroatoms. The molecule has 276 valence electrons. The molecule has 3 aliphatic heterocycles. The summed E-state index contributed by atoms with van der Waals surface area (Å²) in [5.74, 6) is -0.355. The molecule has 4 aromatic rings. The average Bonchev–Trinajstić information content (AvgIpc) is 3.61. The van der Waals surface area contributed by atoms with Crippen molar-refractivity contribution in [2.24, 2.45) is 12.5 Å². The molecule has 8 rings (SSSR count). The molecule has 5 heterocycles. The number of piperazine rings is 1. The zero-order valence-corrected chi connectivity index (χ0v) is 30.5. The highest BCUT2D eigenvalue weighted by Crippen LogP contribution is 2.40. The van der Waals surface area contributed by atoms with Crippen LogP contribution in [-0.4, -0.2) is 87.9 Å². The van der Waals surface area contributed by atoms with E-state index in [2.05, 4.69) is 45.4 Å². The van der Waals surface area contributed by atoms with Crippen LogP contribution in [-0.2, 0) is 42.6 Å². The fourth-order valence-electron chi connectivity index (χ4n) is 8.26. The van der Waals surface area contributed by atoms with Crippen LogP contribution in [0.5, 0.6) is 0 Å². The van der Waals surface area contributed by atoms with Crippen LogP contribution in [0, 0.1) is 5.41 Å². The number of aromatic nitrogens is 3. The number of hydrogen-bond acceptors (Lipinski definition) is 9. The number of nitrogens with one attached hydrogen (secondary N) is 2. The topological polar surface area (TPSA) is 137 Å². The van der Waals surface area contributed by atoms with Gasteiger partial charge in [0.05, 0.1) is 48.6 Å². The zero-order valence-electron chi connectivity index (χ0n) is 30.5. The summed E-state index contributed by atoms with van der Waals surface area (Å²) in [6.07, 6.45) is 4.76. The number of hydrogen-bond donors (Lipinski definition) is 3. The van der Waals surface area contributed by atoms with Crippen LogP contribution in [0.25, 0.3) is 11.3 Å². The van der Waals surface area contributed by atoms with E-state index < -0.39 is 0 Å². The second-order valence-corrected chi connectivity index (χ2v) is 15.2. The summed E-state index contributed by atoms with van der Waals surface area (Å²) in [5.41, 5.74) is 7.30. The molecular formula is C40H46N8O5. The summed E-state index contributed by atoms with van der Waals surface area (Å²) in [4.78, 5) is 51.1. The van der Waals surface area contributed by atoms with E-state index in [0.29, 0.717) is 58.7 Å². The number of amides is 2. The van der Waals surface area contributed by atoms with Crippen molar-refractivity contribution < 1.29 is 19.4 Å². The van der Waals surface area contributed by atoms with E-state index >= 15 is 0 Å². The van der Waals surface area contributed by atoms with Crippen LogP contribution in [0.2, 0.25) is 0 Å². The van der Waals surface area contributed by atoms with Gasteiger partial charge >= 0.3 is 0 Å². The van der Waals surface area contributed by atoms with Crippen molar-refractivity contribution in [1.29, 1.82) is 0 Å². The number of aliphatic hydroxyl groups is 1. The third-order valence-electron chi connectivity index (χ3n) is 11.1. The molecule has 1 aliphatic carbocycles. The monoisotopic (exact) mass is 718 g/mol. The van der Waals surface area contributed by atoms with Crippen LogP contribution in [0.1, 0.15) is 41.2 Å². The molecule has 0 bridgehead atoms. The number of carbonyl (C=O) groups excluding carboxylic acids is 2. The van der Waals surface area contributed by atoms with E-state index in [1.54, 1.807) is 24.2 Å². The average molecular weight is 719 g/mol. The molecule has 2 aromatic carbocycles. The summed E-state index contributed by atoms with van der Waals surface area (Å²) in [6.45, 7) is 13.9. The first-order valence-corrected chi connectivity index (χ1v) is 18.3. The van der Waals surface area contributed by atoms with Gasteiger partial charge in [-0.05, 0) is 60.2 Å². The first-order valence-electron chi connectivity index (χ1n) is 18.3. The number of nitrogens with zero attached hydrogens (tertiary/aromatic N) is 6. The summed E-state index contributed by atoms with van der Waals surface area (Å²) < 4.78 is 9.00. The normalized spacial score (nSPS) is 18.4. The molecule has 0 atom stereocenters. The predicted molar refractivity (Wildman–Crippen MR) is 205 cm³/mol. The van der Waals surface area contributed by atoms with E-state index in [0.717, 1.165) is 57.9 Å². The molecule has 53 heavy (non-hydrogen) atoms. The number of carbonyl (C=O) groups is 2.